The Morgan fingerprint density at radius 2 is 1.07 bits per heavy atom. The summed E-state index contributed by atoms with van der Waals surface area (Å²) in [5, 5.41) is 5.20. The molecular formula is C46H63BrO7. The second kappa shape index (κ2) is 28.0. The zero-order valence-corrected chi connectivity index (χ0v) is 34.2. The van der Waals surface area contributed by atoms with Gasteiger partial charge in [-0.25, -0.2) is 0 Å². The van der Waals surface area contributed by atoms with Crippen molar-refractivity contribution in [1.29, 1.82) is 0 Å². The lowest BCUT2D eigenvalue weighted by molar-refractivity contribution is -0.167. The molecule has 0 bridgehead atoms. The highest BCUT2D eigenvalue weighted by Gasteiger charge is 2.20. The van der Waals surface area contributed by atoms with Crippen molar-refractivity contribution in [3.05, 3.63) is 72.3 Å². The minimum Gasteiger partial charge on any atom is -0.462 e. The molecule has 0 spiro atoms. The molecule has 296 valence electrons. The van der Waals surface area contributed by atoms with Crippen LogP contribution in [0.15, 0.2) is 66.7 Å². The largest absolute Gasteiger partial charge is 0.462 e. The Morgan fingerprint density at radius 1 is 0.556 bits per heavy atom. The molecule has 3 rings (SSSR count). The molecule has 54 heavy (non-hydrogen) atoms. The van der Waals surface area contributed by atoms with Crippen LogP contribution in [0.2, 0.25) is 0 Å². The molecule has 0 radical (unpaired) electrons. The predicted octanol–water partition coefficient (Wildman–Crippen LogP) is 12.3. The van der Waals surface area contributed by atoms with Crippen LogP contribution in [-0.2, 0) is 28.6 Å². The fraction of sp³-hybridized carbons (Fsp3) is 0.565. The van der Waals surface area contributed by atoms with Gasteiger partial charge in [-0.2, -0.15) is 0 Å². The molecular weight excluding hydrogens is 744 g/mol. The van der Waals surface area contributed by atoms with Crippen molar-refractivity contribution in [1.82, 2.24) is 0 Å². The molecule has 0 aliphatic heterocycles. The van der Waals surface area contributed by atoms with Gasteiger partial charge in [0.25, 0.3) is 0 Å². The van der Waals surface area contributed by atoms with Gasteiger partial charge in [0.15, 0.2) is 11.9 Å². The van der Waals surface area contributed by atoms with Crippen molar-refractivity contribution in [2.75, 3.05) is 18.5 Å². The molecule has 0 fully saturated rings. The number of unbranched alkanes of at least 4 members (excludes halogenated alkanes) is 13. The number of alkyl halides is 1. The Bertz CT molecular complexity index is 1580. The summed E-state index contributed by atoms with van der Waals surface area (Å²) in [7, 11) is 0. The second-order valence-corrected chi connectivity index (χ2v) is 15.1. The van der Waals surface area contributed by atoms with Gasteiger partial charge in [0.2, 0.25) is 0 Å². The Morgan fingerprint density at radius 3 is 1.70 bits per heavy atom. The van der Waals surface area contributed by atoms with Gasteiger partial charge in [0.05, 0.1) is 0 Å². The SMILES string of the molecule is CCCCCCCC/C=C\CCCCCCCC(=O)OC[C@@H](COC(=O)CCCC(=O)c1ccc2cc3ccccc3cc2c1)OC(=O)CCCCCBr. The van der Waals surface area contributed by atoms with E-state index in [-0.39, 0.29) is 44.2 Å². The topological polar surface area (TPSA) is 96.0 Å². The number of fused-ring (bicyclic) bond motifs is 2. The zero-order valence-electron chi connectivity index (χ0n) is 32.6. The highest BCUT2D eigenvalue weighted by atomic mass is 79.9. The molecule has 0 amide bonds. The Kier molecular flexibility index (Phi) is 23.2. The summed E-state index contributed by atoms with van der Waals surface area (Å²) in [6, 6.07) is 18.0. The van der Waals surface area contributed by atoms with Crippen LogP contribution in [0.3, 0.4) is 0 Å². The monoisotopic (exact) mass is 806 g/mol. The first-order chi connectivity index (χ1) is 26.4. The minimum absolute atomic E-state index is 0.0391. The average Bonchev–Trinajstić information content (AvgIpc) is 3.17. The van der Waals surface area contributed by atoms with Crippen LogP contribution in [0.25, 0.3) is 21.5 Å². The molecule has 0 heterocycles. The standard InChI is InChI=1S/C46H63BrO7/c1-2-3-4-5-6-7-8-9-10-11-12-13-14-15-17-26-44(49)52-35-42(54-46(51)27-18-16-21-31-47)36-53-45(50)28-22-25-43(48)40-30-29-39-32-37-23-19-20-24-38(37)33-41(39)34-40/h9-10,19-20,23-24,29-30,32-34,42H,2-8,11-18,21-22,25-28,31,35-36H2,1H3/b10-9-/t42-/m0/s1. The zero-order chi connectivity index (χ0) is 38.6. The lowest BCUT2D eigenvalue weighted by Crippen LogP contribution is -2.30. The first kappa shape index (κ1) is 44.9. The van der Waals surface area contributed by atoms with E-state index < -0.39 is 18.0 Å². The molecule has 7 nitrogen and oxygen atoms in total. The maximum atomic E-state index is 13.0. The third-order valence-electron chi connectivity index (χ3n) is 9.63. The van der Waals surface area contributed by atoms with E-state index in [9.17, 15) is 19.2 Å². The summed E-state index contributed by atoms with van der Waals surface area (Å²) in [4.78, 5) is 50.6. The molecule has 0 aliphatic carbocycles. The lowest BCUT2D eigenvalue weighted by atomic mass is 9.99. The van der Waals surface area contributed by atoms with E-state index in [2.05, 4.69) is 59.3 Å². The molecule has 0 unspecified atom stereocenters. The molecule has 1 atom stereocenters. The van der Waals surface area contributed by atoms with Crippen LogP contribution < -0.4 is 0 Å². The van der Waals surface area contributed by atoms with Crippen molar-refractivity contribution in [2.45, 2.75) is 148 Å². The first-order valence-electron chi connectivity index (χ1n) is 20.6. The van der Waals surface area contributed by atoms with E-state index in [1.54, 1.807) is 0 Å². The highest BCUT2D eigenvalue weighted by Crippen LogP contribution is 2.24. The maximum absolute atomic E-state index is 13.0. The minimum atomic E-state index is -0.883. The third-order valence-corrected chi connectivity index (χ3v) is 10.2. The maximum Gasteiger partial charge on any atom is 0.306 e. The van der Waals surface area contributed by atoms with Gasteiger partial charge in [0.1, 0.15) is 13.2 Å². The van der Waals surface area contributed by atoms with E-state index in [0.29, 0.717) is 24.8 Å². The molecule has 0 saturated heterocycles. The van der Waals surface area contributed by atoms with Gasteiger partial charge in [-0.3, -0.25) is 19.2 Å². The summed E-state index contributed by atoms with van der Waals surface area (Å²) in [5.41, 5.74) is 0.609. The van der Waals surface area contributed by atoms with Gasteiger partial charge in [-0.05, 0) is 91.1 Å². The van der Waals surface area contributed by atoms with E-state index in [4.69, 9.17) is 14.2 Å². The van der Waals surface area contributed by atoms with E-state index in [0.717, 1.165) is 78.2 Å². The molecule has 0 aliphatic rings. The number of Topliss-reactive ketones (excluding diaryl/α,β-unsaturated/α-hetero) is 1. The van der Waals surface area contributed by atoms with Gasteiger partial charge < -0.3 is 14.2 Å². The van der Waals surface area contributed by atoms with Crippen LogP contribution >= 0.6 is 15.9 Å². The van der Waals surface area contributed by atoms with Gasteiger partial charge in [0, 0.05) is 36.6 Å². The number of halogens is 1. The molecule has 8 heteroatoms. The summed E-state index contributed by atoms with van der Waals surface area (Å²) in [6.45, 7) is 1.87. The van der Waals surface area contributed by atoms with Gasteiger partial charge >= 0.3 is 17.9 Å². The Balaban J connectivity index is 1.33. The van der Waals surface area contributed by atoms with Crippen molar-refractivity contribution >= 4 is 61.2 Å². The molecule has 3 aromatic carbocycles. The van der Waals surface area contributed by atoms with E-state index >= 15 is 0 Å². The summed E-state index contributed by atoms with van der Waals surface area (Å²) >= 11 is 3.40. The smallest absolute Gasteiger partial charge is 0.306 e. The fourth-order valence-corrected chi connectivity index (χ4v) is 6.81. The normalized spacial score (nSPS) is 12.0. The quantitative estimate of drug-likeness (QED) is 0.0126. The number of esters is 3. The number of carbonyl (C=O) groups is 4. The molecule has 0 aromatic heterocycles. The summed E-state index contributed by atoms with van der Waals surface area (Å²) in [6.07, 6.45) is 22.8. The third kappa shape index (κ3) is 19.2. The number of ether oxygens (including phenoxy) is 3. The van der Waals surface area contributed by atoms with Crippen molar-refractivity contribution < 1.29 is 33.4 Å². The number of hydrogen-bond donors (Lipinski definition) is 0. The highest BCUT2D eigenvalue weighted by molar-refractivity contribution is 9.09. The van der Waals surface area contributed by atoms with Crippen LogP contribution in [-0.4, -0.2) is 48.3 Å². The Hall–Kier alpha value is -3.52. The van der Waals surface area contributed by atoms with Crippen molar-refractivity contribution in [3.8, 4) is 0 Å². The summed E-state index contributed by atoms with van der Waals surface area (Å²) in [5.74, 6) is -1.29. The Labute approximate surface area is 332 Å². The predicted molar refractivity (Wildman–Crippen MR) is 223 cm³/mol. The first-order valence-corrected chi connectivity index (χ1v) is 21.7. The van der Waals surface area contributed by atoms with E-state index in [1.807, 2.05) is 30.3 Å². The van der Waals surface area contributed by atoms with Crippen LogP contribution in [0.1, 0.15) is 152 Å². The van der Waals surface area contributed by atoms with Crippen LogP contribution in [0.5, 0.6) is 0 Å². The van der Waals surface area contributed by atoms with Gasteiger partial charge in [-0.15, -0.1) is 0 Å². The molecule has 0 saturated carbocycles. The van der Waals surface area contributed by atoms with Crippen LogP contribution in [0, 0.1) is 0 Å². The number of allylic oxidation sites excluding steroid dienone is 2. The number of rotatable bonds is 30. The number of hydrogen-bond acceptors (Lipinski definition) is 7. The van der Waals surface area contributed by atoms with Crippen LogP contribution in [0.4, 0.5) is 0 Å². The molecule has 0 N–H and O–H groups in total. The number of benzene rings is 3. The van der Waals surface area contributed by atoms with Crippen molar-refractivity contribution in [2.24, 2.45) is 0 Å². The number of ketones is 1. The molecule has 3 aromatic rings. The van der Waals surface area contributed by atoms with Gasteiger partial charge in [-0.1, -0.05) is 129 Å². The number of carbonyl (C=O) groups excluding carboxylic acids is 4. The second-order valence-electron chi connectivity index (χ2n) is 14.3. The van der Waals surface area contributed by atoms with Crippen molar-refractivity contribution in [3.63, 3.8) is 0 Å². The lowest BCUT2D eigenvalue weighted by Gasteiger charge is -2.18. The fourth-order valence-electron chi connectivity index (χ4n) is 6.41. The summed E-state index contributed by atoms with van der Waals surface area (Å²) < 4.78 is 16.4. The van der Waals surface area contributed by atoms with E-state index in [1.165, 1.54) is 44.9 Å². The average molecular weight is 808 g/mol.